The summed E-state index contributed by atoms with van der Waals surface area (Å²) in [4.78, 5) is 12.6. The Morgan fingerprint density at radius 3 is 2.48 bits per heavy atom. The number of rotatable bonds is 3. The van der Waals surface area contributed by atoms with Gasteiger partial charge in [0.1, 0.15) is 5.60 Å². The first-order valence-electron chi connectivity index (χ1n) is 13.3. The second-order valence-corrected chi connectivity index (χ2v) is 13.4. The van der Waals surface area contributed by atoms with Crippen molar-refractivity contribution >= 4 is 5.97 Å². The molecule has 3 heteroatoms. The normalized spacial score (nSPS) is 46.3. The summed E-state index contributed by atoms with van der Waals surface area (Å²) in [6.45, 7) is 13.3. The maximum absolute atomic E-state index is 12.6. The topological polar surface area (TPSA) is 46.5 Å². The van der Waals surface area contributed by atoms with Gasteiger partial charge in [0.15, 0.2) is 0 Å². The molecule has 178 valence electrons. The molecular weight excluding hydrogens is 384 g/mol. The monoisotopic (exact) mass is 432 g/mol. The summed E-state index contributed by atoms with van der Waals surface area (Å²) in [7, 11) is 0. The van der Waals surface area contributed by atoms with Gasteiger partial charge in [-0.05, 0) is 125 Å². The Morgan fingerprint density at radius 1 is 1.06 bits per heavy atom. The van der Waals surface area contributed by atoms with E-state index in [4.69, 9.17) is 4.74 Å². The lowest BCUT2D eigenvalue weighted by molar-refractivity contribution is -0.158. The van der Waals surface area contributed by atoms with E-state index in [1.165, 1.54) is 51.4 Å². The first-order valence-corrected chi connectivity index (χ1v) is 13.3. The molecule has 3 nitrogen and oxygen atoms in total. The van der Waals surface area contributed by atoms with Crippen molar-refractivity contribution in [1.29, 1.82) is 0 Å². The second kappa shape index (κ2) is 8.33. The highest BCUT2D eigenvalue weighted by molar-refractivity contribution is 5.70. The molecule has 0 aromatic rings. The Morgan fingerprint density at radius 2 is 1.77 bits per heavy atom. The van der Waals surface area contributed by atoms with Crippen LogP contribution < -0.4 is 0 Å². The molecule has 0 aromatic heterocycles. The number of fused-ring (bicyclic) bond motifs is 3. The summed E-state index contributed by atoms with van der Waals surface area (Å²) in [6.07, 6.45) is 13.1. The SMILES string of the molecule is C[C@H](CC(=O)OC(C)(C)C)C1CCC2C3CCC4C[C@H](O)CC[C@H](C)C3(CC[C@@]21C)C4. The fourth-order valence-electron chi connectivity index (χ4n) is 9.18. The standard InChI is InChI=1S/C28H48O3/c1-18(15-25(30)31-26(3,4)5)22-11-12-23-24-10-8-20-16-21(29)9-7-19(2)28(24,17-20)14-13-27(22,23)6/h18-24,29H,7-17H2,1-6H3/t18-,19+,20?,21-,22?,23?,24?,27-,28?/m1/s1. The van der Waals surface area contributed by atoms with Crippen molar-refractivity contribution in [3.63, 3.8) is 0 Å². The third-order valence-electron chi connectivity index (χ3n) is 10.5. The Labute approximate surface area is 191 Å². The summed E-state index contributed by atoms with van der Waals surface area (Å²) in [5.74, 6) is 4.17. The van der Waals surface area contributed by atoms with Crippen molar-refractivity contribution in [2.45, 2.75) is 124 Å². The number of ether oxygens (including phenoxy) is 1. The molecular formula is C28H48O3. The molecule has 0 amide bonds. The predicted octanol–water partition coefficient (Wildman–Crippen LogP) is 6.76. The van der Waals surface area contributed by atoms with E-state index in [2.05, 4.69) is 20.8 Å². The number of aliphatic hydroxyl groups excluding tert-OH is 1. The average Bonchev–Trinajstić information content (AvgIpc) is 3.01. The van der Waals surface area contributed by atoms with Crippen LogP contribution in [0.5, 0.6) is 0 Å². The van der Waals surface area contributed by atoms with E-state index in [0.29, 0.717) is 29.1 Å². The molecule has 4 aliphatic rings. The zero-order chi connectivity index (χ0) is 22.6. The predicted molar refractivity (Wildman–Crippen MR) is 125 cm³/mol. The van der Waals surface area contributed by atoms with Crippen LogP contribution >= 0.6 is 0 Å². The molecule has 5 unspecified atom stereocenters. The molecule has 9 atom stereocenters. The van der Waals surface area contributed by atoms with Crippen molar-refractivity contribution in [3.8, 4) is 0 Å². The van der Waals surface area contributed by atoms with Crippen molar-refractivity contribution in [2.24, 2.45) is 46.3 Å². The Hall–Kier alpha value is -0.570. The zero-order valence-electron chi connectivity index (χ0n) is 21.1. The van der Waals surface area contributed by atoms with Crippen LogP contribution in [0.25, 0.3) is 0 Å². The van der Waals surface area contributed by atoms with Gasteiger partial charge in [0.25, 0.3) is 0 Å². The van der Waals surface area contributed by atoms with Gasteiger partial charge in [-0.3, -0.25) is 4.79 Å². The number of esters is 1. The minimum absolute atomic E-state index is 0.0213. The lowest BCUT2D eigenvalue weighted by Crippen LogP contribution is -2.54. The summed E-state index contributed by atoms with van der Waals surface area (Å²) in [5, 5.41) is 10.4. The Bertz CT molecular complexity index is 666. The minimum Gasteiger partial charge on any atom is -0.460 e. The van der Waals surface area contributed by atoms with Gasteiger partial charge < -0.3 is 9.84 Å². The molecule has 0 aromatic carbocycles. The number of hydrogen-bond acceptors (Lipinski definition) is 3. The number of carbonyl (C=O) groups excluding carboxylic acids is 1. The largest absolute Gasteiger partial charge is 0.460 e. The third-order valence-corrected chi connectivity index (χ3v) is 10.5. The smallest absolute Gasteiger partial charge is 0.306 e. The van der Waals surface area contributed by atoms with Gasteiger partial charge in [-0.2, -0.15) is 0 Å². The van der Waals surface area contributed by atoms with Gasteiger partial charge in [-0.25, -0.2) is 0 Å². The van der Waals surface area contributed by atoms with E-state index in [1.54, 1.807) is 0 Å². The maximum atomic E-state index is 12.6. The van der Waals surface area contributed by atoms with Gasteiger partial charge >= 0.3 is 5.97 Å². The lowest BCUT2D eigenvalue weighted by Gasteiger charge is -2.62. The van der Waals surface area contributed by atoms with E-state index < -0.39 is 5.60 Å². The third kappa shape index (κ3) is 4.34. The molecule has 2 bridgehead atoms. The fraction of sp³-hybridized carbons (Fsp3) is 0.964. The van der Waals surface area contributed by atoms with Crippen molar-refractivity contribution in [1.82, 2.24) is 0 Å². The Kier molecular flexibility index (Phi) is 6.34. The van der Waals surface area contributed by atoms with E-state index in [9.17, 15) is 9.90 Å². The Balaban J connectivity index is 1.51. The van der Waals surface area contributed by atoms with E-state index >= 15 is 0 Å². The van der Waals surface area contributed by atoms with Crippen LogP contribution in [0.4, 0.5) is 0 Å². The van der Waals surface area contributed by atoms with Crippen LogP contribution in [0.1, 0.15) is 112 Å². The van der Waals surface area contributed by atoms with Gasteiger partial charge in [0.05, 0.1) is 6.10 Å². The summed E-state index contributed by atoms with van der Waals surface area (Å²) in [5.41, 5.74) is 0.499. The van der Waals surface area contributed by atoms with Crippen LogP contribution in [-0.4, -0.2) is 22.8 Å². The first kappa shape index (κ1) is 23.6. The van der Waals surface area contributed by atoms with E-state index in [0.717, 1.165) is 36.5 Å². The van der Waals surface area contributed by atoms with E-state index in [-0.39, 0.29) is 12.1 Å². The van der Waals surface area contributed by atoms with Crippen LogP contribution in [0.2, 0.25) is 0 Å². The maximum Gasteiger partial charge on any atom is 0.306 e. The fourth-order valence-corrected chi connectivity index (χ4v) is 9.18. The average molecular weight is 433 g/mol. The molecule has 31 heavy (non-hydrogen) atoms. The molecule has 4 saturated carbocycles. The summed E-state index contributed by atoms with van der Waals surface area (Å²) in [6, 6.07) is 0. The summed E-state index contributed by atoms with van der Waals surface area (Å²) < 4.78 is 5.66. The van der Waals surface area contributed by atoms with Crippen LogP contribution in [-0.2, 0) is 9.53 Å². The number of hydrogen-bond donors (Lipinski definition) is 1. The molecule has 4 rings (SSSR count). The molecule has 4 fully saturated rings. The van der Waals surface area contributed by atoms with Gasteiger partial charge in [0, 0.05) is 6.42 Å². The molecule has 1 N–H and O–H groups in total. The molecule has 1 spiro atoms. The van der Waals surface area contributed by atoms with Crippen molar-refractivity contribution < 1.29 is 14.6 Å². The van der Waals surface area contributed by atoms with Gasteiger partial charge in [-0.15, -0.1) is 0 Å². The van der Waals surface area contributed by atoms with Crippen LogP contribution in [0.15, 0.2) is 0 Å². The highest BCUT2D eigenvalue weighted by Crippen LogP contribution is 2.70. The first-order chi connectivity index (χ1) is 14.4. The lowest BCUT2D eigenvalue weighted by atomic mass is 9.43. The van der Waals surface area contributed by atoms with Gasteiger partial charge in [0.2, 0.25) is 0 Å². The number of aliphatic hydroxyl groups is 1. The van der Waals surface area contributed by atoms with Crippen molar-refractivity contribution in [2.75, 3.05) is 0 Å². The molecule has 0 heterocycles. The van der Waals surface area contributed by atoms with Crippen LogP contribution in [0, 0.1) is 46.3 Å². The second-order valence-electron chi connectivity index (χ2n) is 13.4. The quantitative estimate of drug-likeness (QED) is 0.501. The number of carbonyl (C=O) groups is 1. The molecule has 4 aliphatic carbocycles. The minimum atomic E-state index is -0.392. The van der Waals surface area contributed by atoms with Crippen molar-refractivity contribution in [3.05, 3.63) is 0 Å². The molecule has 0 saturated heterocycles. The van der Waals surface area contributed by atoms with E-state index in [1.807, 2.05) is 20.8 Å². The molecule has 0 radical (unpaired) electrons. The highest BCUT2D eigenvalue weighted by Gasteiger charge is 2.61. The molecule has 0 aliphatic heterocycles. The highest BCUT2D eigenvalue weighted by atomic mass is 16.6. The summed E-state index contributed by atoms with van der Waals surface area (Å²) >= 11 is 0. The van der Waals surface area contributed by atoms with Crippen LogP contribution in [0.3, 0.4) is 0 Å². The van der Waals surface area contributed by atoms with Gasteiger partial charge in [-0.1, -0.05) is 27.2 Å². The zero-order valence-corrected chi connectivity index (χ0v) is 21.1.